The predicted molar refractivity (Wildman–Crippen MR) is 71.7 cm³/mol. The van der Waals surface area contributed by atoms with Gasteiger partial charge >= 0.3 is 0 Å². The first-order chi connectivity index (χ1) is 7.45. The Labute approximate surface area is 101 Å². The molecule has 2 nitrogen and oxygen atoms in total. The maximum atomic E-state index is 3.84. The Morgan fingerprint density at radius 1 is 1.50 bits per heavy atom. The molecule has 1 aliphatic rings. The highest BCUT2D eigenvalue weighted by Crippen LogP contribution is 2.22. The van der Waals surface area contributed by atoms with E-state index in [2.05, 4.69) is 44.5 Å². The number of hydrogen-bond acceptors (Lipinski definition) is 2. The summed E-state index contributed by atoms with van der Waals surface area (Å²) in [7, 11) is 0. The molecular weight excluding hydrogens is 196 g/mol. The highest BCUT2D eigenvalue weighted by atomic mass is 15.2. The summed E-state index contributed by atoms with van der Waals surface area (Å²) < 4.78 is 0. The zero-order chi connectivity index (χ0) is 12.2. The Hall–Kier alpha value is -0.340. The standard InChI is InChI=1S/C14H28N2/c1-6-8-12(2)16-10-7-9-15-13(11-16)14(3,4)5/h6,12-13,15H,1,7-11H2,2-5H3. The van der Waals surface area contributed by atoms with E-state index in [0.29, 0.717) is 17.5 Å². The second-order valence-corrected chi connectivity index (χ2v) is 6.09. The lowest BCUT2D eigenvalue weighted by Crippen LogP contribution is -2.48. The van der Waals surface area contributed by atoms with E-state index < -0.39 is 0 Å². The first kappa shape index (κ1) is 13.7. The largest absolute Gasteiger partial charge is 0.312 e. The van der Waals surface area contributed by atoms with Gasteiger partial charge in [0.15, 0.2) is 0 Å². The second-order valence-electron chi connectivity index (χ2n) is 6.09. The van der Waals surface area contributed by atoms with Crippen LogP contribution in [0.1, 0.15) is 40.5 Å². The van der Waals surface area contributed by atoms with E-state index in [0.717, 1.165) is 13.0 Å². The average Bonchev–Trinajstić information content (AvgIpc) is 2.42. The number of rotatable bonds is 3. The van der Waals surface area contributed by atoms with E-state index in [4.69, 9.17) is 0 Å². The lowest BCUT2D eigenvalue weighted by Gasteiger charge is -2.36. The monoisotopic (exact) mass is 224 g/mol. The van der Waals surface area contributed by atoms with Gasteiger partial charge in [0.05, 0.1) is 0 Å². The highest BCUT2D eigenvalue weighted by Gasteiger charge is 2.29. The van der Waals surface area contributed by atoms with Crippen molar-refractivity contribution in [2.45, 2.75) is 52.6 Å². The maximum absolute atomic E-state index is 3.84. The summed E-state index contributed by atoms with van der Waals surface area (Å²) in [5.74, 6) is 0. The van der Waals surface area contributed by atoms with Crippen LogP contribution in [0.3, 0.4) is 0 Å². The lowest BCUT2D eigenvalue weighted by molar-refractivity contribution is 0.162. The molecule has 0 spiro atoms. The van der Waals surface area contributed by atoms with Gasteiger partial charge in [-0.3, -0.25) is 4.90 Å². The fourth-order valence-corrected chi connectivity index (χ4v) is 2.32. The molecule has 0 aromatic rings. The van der Waals surface area contributed by atoms with Crippen LogP contribution in [-0.2, 0) is 0 Å². The topological polar surface area (TPSA) is 15.3 Å². The predicted octanol–water partition coefficient (Wildman–Crippen LogP) is 2.66. The van der Waals surface area contributed by atoms with E-state index >= 15 is 0 Å². The van der Waals surface area contributed by atoms with Crippen molar-refractivity contribution >= 4 is 0 Å². The van der Waals surface area contributed by atoms with Crippen LogP contribution in [0.5, 0.6) is 0 Å². The van der Waals surface area contributed by atoms with Crippen molar-refractivity contribution < 1.29 is 0 Å². The molecule has 0 aliphatic carbocycles. The molecule has 1 aliphatic heterocycles. The van der Waals surface area contributed by atoms with Crippen molar-refractivity contribution in [2.75, 3.05) is 19.6 Å². The molecule has 2 unspecified atom stereocenters. The van der Waals surface area contributed by atoms with Gasteiger partial charge in [-0.15, -0.1) is 6.58 Å². The minimum Gasteiger partial charge on any atom is -0.312 e. The van der Waals surface area contributed by atoms with Gasteiger partial charge in [0.2, 0.25) is 0 Å². The molecule has 0 amide bonds. The Morgan fingerprint density at radius 3 is 2.75 bits per heavy atom. The van der Waals surface area contributed by atoms with Crippen molar-refractivity contribution in [1.82, 2.24) is 10.2 Å². The molecule has 16 heavy (non-hydrogen) atoms. The maximum Gasteiger partial charge on any atom is 0.0243 e. The Balaban J connectivity index is 2.61. The third-order valence-electron chi connectivity index (χ3n) is 3.61. The molecule has 0 bridgehead atoms. The lowest BCUT2D eigenvalue weighted by atomic mass is 9.86. The van der Waals surface area contributed by atoms with Crippen LogP contribution in [-0.4, -0.2) is 36.6 Å². The summed E-state index contributed by atoms with van der Waals surface area (Å²) in [6.45, 7) is 16.7. The van der Waals surface area contributed by atoms with Crippen molar-refractivity contribution in [2.24, 2.45) is 5.41 Å². The van der Waals surface area contributed by atoms with Crippen molar-refractivity contribution in [3.63, 3.8) is 0 Å². The average molecular weight is 224 g/mol. The zero-order valence-corrected chi connectivity index (χ0v) is 11.4. The van der Waals surface area contributed by atoms with E-state index in [1.807, 2.05) is 6.08 Å². The van der Waals surface area contributed by atoms with Crippen molar-refractivity contribution in [3.8, 4) is 0 Å². The van der Waals surface area contributed by atoms with Crippen LogP contribution >= 0.6 is 0 Å². The minimum absolute atomic E-state index is 0.344. The zero-order valence-electron chi connectivity index (χ0n) is 11.4. The van der Waals surface area contributed by atoms with Crippen LogP contribution in [0.15, 0.2) is 12.7 Å². The second kappa shape index (κ2) is 5.83. The van der Waals surface area contributed by atoms with Gasteiger partial charge in [0, 0.05) is 18.6 Å². The molecule has 1 rings (SSSR count). The molecule has 0 saturated carbocycles. The van der Waals surface area contributed by atoms with Crippen molar-refractivity contribution in [1.29, 1.82) is 0 Å². The Kier molecular flexibility index (Phi) is 5.00. The van der Waals surface area contributed by atoms with Gasteiger partial charge in [-0.05, 0) is 38.3 Å². The molecule has 94 valence electrons. The summed E-state index contributed by atoms with van der Waals surface area (Å²) in [6.07, 6.45) is 4.39. The van der Waals surface area contributed by atoms with E-state index in [1.165, 1.54) is 19.5 Å². The normalized spacial score (nSPS) is 26.1. The summed E-state index contributed by atoms with van der Waals surface area (Å²) in [5, 5.41) is 3.68. The van der Waals surface area contributed by atoms with E-state index in [1.54, 1.807) is 0 Å². The molecular formula is C14H28N2. The van der Waals surface area contributed by atoms with Crippen molar-refractivity contribution in [3.05, 3.63) is 12.7 Å². The number of nitrogens with one attached hydrogen (secondary N) is 1. The van der Waals surface area contributed by atoms with Gasteiger partial charge < -0.3 is 5.32 Å². The molecule has 2 atom stereocenters. The quantitative estimate of drug-likeness (QED) is 0.741. The summed E-state index contributed by atoms with van der Waals surface area (Å²) in [6, 6.07) is 1.23. The van der Waals surface area contributed by atoms with Gasteiger partial charge in [-0.25, -0.2) is 0 Å². The molecule has 1 saturated heterocycles. The summed E-state index contributed by atoms with van der Waals surface area (Å²) >= 11 is 0. The molecule has 1 heterocycles. The fourth-order valence-electron chi connectivity index (χ4n) is 2.32. The number of hydrogen-bond donors (Lipinski definition) is 1. The first-order valence-corrected chi connectivity index (χ1v) is 6.53. The van der Waals surface area contributed by atoms with Gasteiger partial charge in [0.25, 0.3) is 0 Å². The molecule has 0 aromatic heterocycles. The third kappa shape index (κ3) is 3.91. The summed E-state index contributed by atoms with van der Waals surface area (Å²) in [5.41, 5.74) is 0.344. The minimum atomic E-state index is 0.344. The number of nitrogens with zero attached hydrogens (tertiary/aromatic N) is 1. The molecule has 1 N–H and O–H groups in total. The van der Waals surface area contributed by atoms with Crippen LogP contribution in [0.25, 0.3) is 0 Å². The molecule has 2 heteroatoms. The SMILES string of the molecule is C=CCC(C)N1CCCNC(C(C)(C)C)C1. The molecule has 0 radical (unpaired) electrons. The fraction of sp³-hybridized carbons (Fsp3) is 0.857. The Morgan fingerprint density at radius 2 is 2.19 bits per heavy atom. The molecule has 1 fully saturated rings. The molecule has 0 aromatic carbocycles. The third-order valence-corrected chi connectivity index (χ3v) is 3.61. The summed E-state index contributed by atoms with van der Waals surface area (Å²) in [4.78, 5) is 2.61. The van der Waals surface area contributed by atoms with Crippen LogP contribution in [0.4, 0.5) is 0 Å². The van der Waals surface area contributed by atoms with Gasteiger partial charge in [0.1, 0.15) is 0 Å². The highest BCUT2D eigenvalue weighted by molar-refractivity contribution is 4.88. The van der Waals surface area contributed by atoms with Crippen LogP contribution in [0.2, 0.25) is 0 Å². The Bertz CT molecular complexity index is 217. The van der Waals surface area contributed by atoms with Crippen LogP contribution < -0.4 is 5.32 Å². The smallest absolute Gasteiger partial charge is 0.0243 e. The first-order valence-electron chi connectivity index (χ1n) is 6.53. The van der Waals surface area contributed by atoms with E-state index in [9.17, 15) is 0 Å². The van der Waals surface area contributed by atoms with Crippen LogP contribution in [0, 0.1) is 5.41 Å². The van der Waals surface area contributed by atoms with Gasteiger partial charge in [-0.1, -0.05) is 26.8 Å². The van der Waals surface area contributed by atoms with E-state index in [-0.39, 0.29) is 0 Å². The van der Waals surface area contributed by atoms with Gasteiger partial charge in [-0.2, -0.15) is 0 Å².